The van der Waals surface area contributed by atoms with Crippen molar-refractivity contribution in [1.29, 1.82) is 0 Å². The Labute approximate surface area is 229 Å². The topological polar surface area (TPSA) is 67.4 Å². The molecular formula is C32H35ClN2O3. The van der Waals surface area contributed by atoms with Gasteiger partial charge in [0, 0.05) is 11.3 Å². The fraction of sp³-hybridized carbons (Fsp3) is 0.375. The van der Waals surface area contributed by atoms with Gasteiger partial charge in [-0.3, -0.25) is 4.79 Å². The van der Waals surface area contributed by atoms with E-state index in [4.69, 9.17) is 16.3 Å². The number of halogens is 1. The van der Waals surface area contributed by atoms with Gasteiger partial charge >= 0.3 is 5.97 Å². The summed E-state index contributed by atoms with van der Waals surface area (Å²) in [7, 11) is 1.31. The quantitative estimate of drug-likeness (QED) is 0.315. The molecule has 2 saturated carbocycles. The number of rotatable bonds is 6. The van der Waals surface area contributed by atoms with E-state index in [1.165, 1.54) is 44.8 Å². The van der Waals surface area contributed by atoms with E-state index in [1.54, 1.807) is 36.4 Å². The molecule has 3 aromatic rings. The second-order valence-electron chi connectivity index (χ2n) is 11.4. The predicted molar refractivity (Wildman–Crippen MR) is 153 cm³/mol. The van der Waals surface area contributed by atoms with Gasteiger partial charge in [0.05, 0.1) is 29.1 Å². The number of esters is 1. The Morgan fingerprint density at radius 1 is 0.921 bits per heavy atom. The highest BCUT2D eigenvalue weighted by Gasteiger charge is 2.41. The van der Waals surface area contributed by atoms with Gasteiger partial charge in [-0.05, 0) is 109 Å². The molecule has 2 bridgehead atoms. The van der Waals surface area contributed by atoms with Gasteiger partial charge in [0.15, 0.2) is 0 Å². The number of carbonyl (C=O) groups is 2. The molecule has 0 radical (unpaired) electrons. The molecule has 0 aromatic heterocycles. The molecule has 2 aliphatic carbocycles. The second-order valence-corrected chi connectivity index (χ2v) is 11.8. The molecule has 2 N–H and O–H groups in total. The molecule has 2 unspecified atom stereocenters. The Kier molecular flexibility index (Phi) is 7.49. The smallest absolute Gasteiger partial charge is 0.339 e. The Hall–Kier alpha value is -3.31. The first-order chi connectivity index (χ1) is 18.2. The summed E-state index contributed by atoms with van der Waals surface area (Å²) in [4.78, 5) is 24.8. The Bertz CT molecular complexity index is 1320. The van der Waals surface area contributed by atoms with E-state index < -0.39 is 5.97 Å². The third kappa shape index (κ3) is 5.58. The standard InChI is InChI=1S/C32H35ClN2O3/c1-20-14-21-16-22(15-20)19-32(2,18-21)24-10-13-29(27(33)17-24)34-25-11-8-23(9-12-25)30(36)35-28-7-5-4-6-26(28)31(37)38-3/h4-13,17,20-22,34H,14-16,18-19H2,1-3H3,(H,35,36). The number of nitrogens with one attached hydrogen (secondary N) is 2. The van der Waals surface area contributed by atoms with Crippen LogP contribution >= 0.6 is 11.6 Å². The number of hydrogen-bond acceptors (Lipinski definition) is 4. The van der Waals surface area contributed by atoms with Crippen LogP contribution in [0.5, 0.6) is 0 Å². The van der Waals surface area contributed by atoms with Crippen molar-refractivity contribution >= 4 is 40.5 Å². The van der Waals surface area contributed by atoms with Crippen molar-refractivity contribution in [1.82, 2.24) is 0 Å². The van der Waals surface area contributed by atoms with Crippen LogP contribution in [0.25, 0.3) is 0 Å². The lowest BCUT2D eigenvalue weighted by molar-refractivity contribution is 0.0602. The van der Waals surface area contributed by atoms with E-state index in [0.717, 1.165) is 29.1 Å². The van der Waals surface area contributed by atoms with E-state index in [0.29, 0.717) is 21.8 Å². The number of anilines is 3. The molecule has 2 fully saturated rings. The third-order valence-electron chi connectivity index (χ3n) is 8.29. The molecule has 0 saturated heterocycles. The highest BCUT2D eigenvalue weighted by atomic mass is 35.5. The summed E-state index contributed by atoms with van der Waals surface area (Å²) in [6.45, 7) is 4.82. The normalized spacial score (nSPS) is 24.4. The second kappa shape index (κ2) is 10.8. The molecule has 5 rings (SSSR count). The first-order valence-electron chi connectivity index (χ1n) is 13.4. The lowest BCUT2D eigenvalue weighted by Gasteiger charge is -2.47. The van der Waals surface area contributed by atoms with Gasteiger partial charge in [0.25, 0.3) is 5.91 Å². The zero-order valence-electron chi connectivity index (χ0n) is 22.2. The molecule has 3 aromatic carbocycles. The minimum absolute atomic E-state index is 0.178. The van der Waals surface area contributed by atoms with Crippen molar-refractivity contribution in [3.05, 3.63) is 88.4 Å². The number of hydrogen-bond donors (Lipinski definition) is 2. The maximum absolute atomic E-state index is 12.8. The van der Waals surface area contributed by atoms with Crippen LogP contribution in [0.15, 0.2) is 66.7 Å². The van der Waals surface area contributed by atoms with Crippen molar-refractivity contribution in [3.8, 4) is 0 Å². The van der Waals surface area contributed by atoms with E-state index in [9.17, 15) is 9.59 Å². The van der Waals surface area contributed by atoms with Crippen molar-refractivity contribution < 1.29 is 14.3 Å². The SMILES string of the molecule is COC(=O)c1ccccc1NC(=O)c1ccc(Nc2ccc(C3(C)CC4CC(C)CC(C4)C3)cc2Cl)cc1. The number of ether oxygens (including phenoxy) is 1. The van der Waals surface area contributed by atoms with Gasteiger partial charge < -0.3 is 15.4 Å². The van der Waals surface area contributed by atoms with E-state index in [2.05, 4.69) is 42.7 Å². The van der Waals surface area contributed by atoms with Gasteiger partial charge in [-0.2, -0.15) is 0 Å². The largest absolute Gasteiger partial charge is 0.465 e. The van der Waals surface area contributed by atoms with Crippen LogP contribution in [0.4, 0.5) is 17.1 Å². The minimum Gasteiger partial charge on any atom is -0.465 e. The molecule has 0 heterocycles. The highest BCUT2D eigenvalue weighted by molar-refractivity contribution is 6.33. The number of methoxy groups -OCH3 is 1. The Morgan fingerprint density at radius 3 is 2.26 bits per heavy atom. The summed E-state index contributed by atoms with van der Waals surface area (Å²) in [6.07, 6.45) is 6.57. The zero-order valence-corrected chi connectivity index (χ0v) is 23.0. The molecule has 198 valence electrons. The van der Waals surface area contributed by atoms with Crippen LogP contribution in [-0.4, -0.2) is 19.0 Å². The summed E-state index contributed by atoms with van der Waals surface area (Å²) < 4.78 is 4.80. The van der Waals surface area contributed by atoms with Crippen LogP contribution in [0.2, 0.25) is 5.02 Å². The van der Waals surface area contributed by atoms with Crippen LogP contribution in [0.1, 0.15) is 72.2 Å². The summed E-state index contributed by atoms with van der Waals surface area (Å²) in [5.41, 5.74) is 4.37. The molecule has 5 nitrogen and oxygen atoms in total. The molecule has 1 amide bonds. The maximum Gasteiger partial charge on any atom is 0.339 e. The summed E-state index contributed by atoms with van der Waals surface area (Å²) in [5, 5.41) is 6.88. The van der Waals surface area contributed by atoms with Crippen LogP contribution in [0, 0.1) is 17.8 Å². The van der Waals surface area contributed by atoms with Crippen molar-refractivity contribution in [2.75, 3.05) is 17.7 Å². The molecule has 0 aliphatic heterocycles. The van der Waals surface area contributed by atoms with E-state index in [-0.39, 0.29) is 11.3 Å². The molecule has 2 atom stereocenters. The van der Waals surface area contributed by atoms with Crippen molar-refractivity contribution in [2.45, 2.75) is 51.4 Å². The van der Waals surface area contributed by atoms with Crippen LogP contribution in [-0.2, 0) is 10.2 Å². The lowest BCUT2D eigenvalue weighted by atomic mass is 9.57. The Morgan fingerprint density at radius 2 is 1.61 bits per heavy atom. The molecule has 2 aliphatic rings. The first-order valence-corrected chi connectivity index (χ1v) is 13.8. The third-order valence-corrected chi connectivity index (χ3v) is 8.60. The van der Waals surface area contributed by atoms with Gasteiger partial charge in [-0.15, -0.1) is 0 Å². The number of carbonyl (C=O) groups excluding carboxylic acids is 2. The summed E-state index contributed by atoms with van der Waals surface area (Å²) >= 11 is 6.76. The average molecular weight is 531 g/mol. The van der Waals surface area contributed by atoms with E-state index in [1.807, 2.05) is 12.1 Å². The average Bonchev–Trinajstić information content (AvgIpc) is 2.89. The van der Waals surface area contributed by atoms with Gasteiger partial charge in [0.1, 0.15) is 0 Å². The molecule has 6 heteroatoms. The molecule has 0 spiro atoms. The lowest BCUT2D eigenvalue weighted by Crippen LogP contribution is -2.38. The van der Waals surface area contributed by atoms with Crippen LogP contribution in [0.3, 0.4) is 0 Å². The summed E-state index contributed by atoms with van der Waals surface area (Å²) in [5.74, 6) is 1.69. The number of benzene rings is 3. The highest BCUT2D eigenvalue weighted by Crippen LogP contribution is 2.51. The van der Waals surface area contributed by atoms with Crippen molar-refractivity contribution in [2.24, 2.45) is 17.8 Å². The van der Waals surface area contributed by atoms with E-state index >= 15 is 0 Å². The fourth-order valence-electron chi connectivity index (χ4n) is 6.75. The number of fused-ring (bicyclic) bond motifs is 2. The minimum atomic E-state index is -0.502. The van der Waals surface area contributed by atoms with Gasteiger partial charge in [-0.1, -0.05) is 43.6 Å². The fourth-order valence-corrected chi connectivity index (χ4v) is 6.98. The monoisotopic (exact) mass is 530 g/mol. The number of amides is 1. The summed E-state index contributed by atoms with van der Waals surface area (Å²) in [6, 6.07) is 20.4. The maximum atomic E-state index is 12.8. The first kappa shape index (κ1) is 26.3. The van der Waals surface area contributed by atoms with Gasteiger partial charge in [0.2, 0.25) is 0 Å². The molecule has 38 heavy (non-hydrogen) atoms. The Balaban J connectivity index is 1.26. The zero-order chi connectivity index (χ0) is 26.9. The number of para-hydroxylation sites is 1. The van der Waals surface area contributed by atoms with Crippen molar-refractivity contribution in [3.63, 3.8) is 0 Å². The van der Waals surface area contributed by atoms with Gasteiger partial charge in [-0.25, -0.2) is 4.79 Å². The van der Waals surface area contributed by atoms with Crippen LogP contribution < -0.4 is 10.6 Å². The molecular weight excluding hydrogens is 496 g/mol. The predicted octanol–water partition coefficient (Wildman–Crippen LogP) is 8.23.